The Kier molecular flexibility index (Phi) is 5.02. The van der Waals surface area contributed by atoms with E-state index in [-0.39, 0.29) is 0 Å². The first-order valence-electron chi connectivity index (χ1n) is 6.74. The van der Waals surface area contributed by atoms with Gasteiger partial charge in [-0.2, -0.15) is 0 Å². The number of rotatable bonds is 7. The van der Waals surface area contributed by atoms with E-state index in [0.29, 0.717) is 5.92 Å². The van der Waals surface area contributed by atoms with Crippen molar-refractivity contribution in [2.75, 3.05) is 33.4 Å². The first kappa shape index (κ1) is 13.4. The van der Waals surface area contributed by atoms with Gasteiger partial charge in [-0.1, -0.05) is 19.1 Å². The minimum absolute atomic E-state index is 0.641. The highest BCUT2D eigenvalue weighted by Gasteiger charge is 2.12. The summed E-state index contributed by atoms with van der Waals surface area (Å²) in [6, 6.07) is 6.60. The van der Waals surface area contributed by atoms with Crippen molar-refractivity contribution < 1.29 is 9.47 Å². The molecule has 1 aliphatic rings. The molecule has 1 heterocycles. The van der Waals surface area contributed by atoms with Crippen molar-refractivity contribution in [3.63, 3.8) is 0 Å². The largest absolute Gasteiger partial charge is 0.493 e. The van der Waals surface area contributed by atoms with Crippen molar-refractivity contribution in [3.8, 4) is 5.75 Å². The second-order valence-electron chi connectivity index (χ2n) is 5.05. The molecule has 1 aromatic rings. The van der Waals surface area contributed by atoms with E-state index in [0.717, 1.165) is 44.9 Å². The first-order chi connectivity index (χ1) is 8.79. The lowest BCUT2D eigenvalue weighted by Gasteiger charge is -2.13. The third kappa shape index (κ3) is 3.72. The highest BCUT2D eigenvalue weighted by molar-refractivity contribution is 5.39. The lowest BCUT2D eigenvalue weighted by Crippen LogP contribution is -2.25. The smallest absolute Gasteiger partial charge is 0.122 e. The number of benzene rings is 1. The molecule has 0 bridgehead atoms. The van der Waals surface area contributed by atoms with E-state index in [1.165, 1.54) is 11.1 Å². The molecule has 0 radical (unpaired) electrons. The Bertz CT molecular complexity index is 379. The SMILES string of the molecule is COCCNCC(C)Cc1ccc2c(c1)CCO2. The van der Waals surface area contributed by atoms with E-state index in [4.69, 9.17) is 9.47 Å². The molecule has 1 N–H and O–H groups in total. The fourth-order valence-corrected chi connectivity index (χ4v) is 2.36. The number of hydrogen-bond acceptors (Lipinski definition) is 3. The van der Waals surface area contributed by atoms with Crippen molar-refractivity contribution in [2.45, 2.75) is 19.8 Å². The quantitative estimate of drug-likeness (QED) is 0.750. The van der Waals surface area contributed by atoms with Gasteiger partial charge in [0.05, 0.1) is 13.2 Å². The summed E-state index contributed by atoms with van der Waals surface area (Å²) in [5.41, 5.74) is 2.78. The molecule has 1 unspecified atom stereocenters. The molecule has 0 aliphatic carbocycles. The molecule has 1 atom stereocenters. The zero-order valence-corrected chi connectivity index (χ0v) is 11.4. The molecule has 18 heavy (non-hydrogen) atoms. The topological polar surface area (TPSA) is 30.5 Å². The molecular formula is C15H23NO2. The molecular weight excluding hydrogens is 226 g/mol. The van der Waals surface area contributed by atoms with Crippen LogP contribution in [0.1, 0.15) is 18.1 Å². The molecule has 0 saturated heterocycles. The lowest BCUT2D eigenvalue weighted by molar-refractivity contribution is 0.198. The van der Waals surface area contributed by atoms with Gasteiger partial charge >= 0.3 is 0 Å². The molecule has 1 aliphatic heterocycles. The third-order valence-corrected chi connectivity index (χ3v) is 3.31. The van der Waals surface area contributed by atoms with Crippen molar-refractivity contribution in [1.29, 1.82) is 0 Å². The van der Waals surface area contributed by atoms with E-state index in [9.17, 15) is 0 Å². The van der Waals surface area contributed by atoms with Crippen molar-refractivity contribution in [3.05, 3.63) is 29.3 Å². The minimum atomic E-state index is 0.641. The summed E-state index contributed by atoms with van der Waals surface area (Å²) in [6.45, 7) is 5.87. The second-order valence-corrected chi connectivity index (χ2v) is 5.05. The number of fused-ring (bicyclic) bond motifs is 1. The normalized spacial score (nSPS) is 15.2. The van der Waals surface area contributed by atoms with Crippen LogP contribution in [0.25, 0.3) is 0 Å². The summed E-state index contributed by atoms with van der Waals surface area (Å²) in [5.74, 6) is 1.71. The Morgan fingerprint density at radius 3 is 3.17 bits per heavy atom. The number of methoxy groups -OCH3 is 1. The molecule has 3 heteroatoms. The predicted octanol–water partition coefficient (Wildman–Crippen LogP) is 2.04. The number of nitrogens with one attached hydrogen (secondary N) is 1. The molecule has 0 saturated carbocycles. The Balaban J connectivity index is 1.78. The van der Waals surface area contributed by atoms with Crippen LogP contribution in [-0.4, -0.2) is 33.4 Å². The van der Waals surface area contributed by atoms with E-state index in [1.807, 2.05) is 0 Å². The van der Waals surface area contributed by atoms with Crippen LogP contribution in [-0.2, 0) is 17.6 Å². The molecule has 2 rings (SSSR count). The zero-order chi connectivity index (χ0) is 12.8. The van der Waals surface area contributed by atoms with Gasteiger partial charge < -0.3 is 14.8 Å². The van der Waals surface area contributed by atoms with E-state index >= 15 is 0 Å². The van der Waals surface area contributed by atoms with Gasteiger partial charge in [-0.3, -0.25) is 0 Å². The van der Waals surface area contributed by atoms with Crippen molar-refractivity contribution >= 4 is 0 Å². The standard InChI is InChI=1S/C15H23NO2/c1-12(11-16-6-8-17-2)9-13-3-4-15-14(10-13)5-7-18-15/h3-4,10,12,16H,5-9,11H2,1-2H3. The van der Waals surface area contributed by atoms with Gasteiger partial charge in [0.2, 0.25) is 0 Å². The number of hydrogen-bond donors (Lipinski definition) is 1. The highest BCUT2D eigenvalue weighted by atomic mass is 16.5. The first-order valence-corrected chi connectivity index (χ1v) is 6.74. The lowest BCUT2D eigenvalue weighted by atomic mass is 9.99. The molecule has 100 valence electrons. The van der Waals surface area contributed by atoms with E-state index in [2.05, 4.69) is 30.4 Å². The Morgan fingerprint density at radius 1 is 1.44 bits per heavy atom. The van der Waals surface area contributed by atoms with Gasteiger partial charge in [0.1, 0.15) is 5.75 Å². The van der Waals surface area contributed by atoms with Gasteiger partial charge in [0.15, 0.2) is 0 Å². The fraction of sp³-hybridized carbons (Fsp3) is 0.600. The van der Waals surface area contributed by atoms with Gasteiger partial charge in [-0.15, -0.1) is 0 Å². The van der Waals surface area contributed by atoms with E-state index < -0.39 is 0 Å². The second kappa shape index (κ2) is 6.76. The summed E-state index contributed by atoms with van der Waals surface area (Å²) in [7, 11) is 1.73. The van der Waals surface area contributed by atoms with Crippen molar-refractivity contribution in [1.82, 2.24) is 5.32 Å². The van der Waals surface area contributed by atoms with E-state index in [1.54, 1.807) is 7.11 Å². The monoisotopic (exact) mass is 249 g/mol. The van der Waals surface area contributed by atoms with Crippen LogP contribution in [0.5, 0.6) is 5.75 Å². The minimum Gasteiger partial charge on any atom is -0.493 e. The maximum absolute atomic E-state index is 5.52. The predicted molar refractivity (Wildman–Crippen MR) is 73.3 cm³/mol. The highest BCUT2D eigenvalue weighted by Crippen LogP contribution is 2.26. The van der Waals surface area contributed by atoms with Gasteiger partial charge in [0.25, 0.3) is 0 Å². The average Bonchev–Trinajstić information content (AvgIpc) is 2.82. The fourth-order valence-electron chi connectivity index (χ4n) is 2.36. The third-order valence-electron chi connectivity index (χ3n) is 3.31. The molecule has 0 aromatic heterocycles. The summed E-state index contributed by atoms with van der Waals surface area (Å²) in [5, 5.41) is 3.41. The molecule has 1 aromatic carbocycles. The van der Waals surface area contributed by atoms with Crippen LogP contribution < -0.4 is 10.1 Å². The molecule has 0 fully saturated rings. The maximum Gasteiger partial charge on any atom is 0.122 e. The molecule has 0 spiro atoms. The molecule has 3 nitrogen and oxygen atoms in total. The summed E-state index contributed by atoms with van der Waals surface area (Å²) in [6.07, 6.45) is 2.18. The van der Waals surface area contributed by atoms with Crippen LogP contribution in [0.4, 0.5) is 0 Å². The zero-order valence-electron chi connectivity index (χ0n) is 11.4. The summed E-state index contributed by atoms with van der Waals surface area (Å²) in [4.78, 5) is 0. The van der Waals surface area contributed by atoms with Crippen LogP contribution >= 0.6 is 0 Å². The Labute approximate surface area is 109 Å². The average molecular weight is 249 g/mol. The maximum atomic E-state index is 5.52. The van der Waals surface area contributed by atoms with Gasteiger partial charge in [-0.25, -0.2) is 0 Å². The van der Waals surface area contributed by atoms with Gasteiger partial charge in [-0.05, 0) is 36.1 Å². The number of ether oxygens (including phenoxy) is 2. The summed E-state index contributed by atoms with van der Waals surface area (Å²) < 4.78 is 10.5. The Morgan fingerprint density at radius 2 is 2.33 bits per heavy atom. The van der Waals surface area contributed by atoms with Crippen LogP contribution in [0.3, 0.4) is 0 Å². The van der Waals surface area contributed by atoms with Crippen LogP contribution in [0, 0.1) is 5.92 Å². The molecule has 0 amide bonds. The Hall–Kier alpha value is -1.06. The summed E-state index contributed by atoms with van der Waals surface area (Å²) >= 11 is 0. The van der Waals surface area contributed by atoms with Crippen LogP contribution in [0.2, 0.25) is 0 Å². The van der Waals surface area contributed by atoms with Gasteiger partial charge in [0, 0.05) is 20.1 Å². The van der Waals surface area contributed by atoms with Crippen molar-refractivity contribution in [2.24, 2.45) is 5.92 Å². The van der Waals surface area contributed by atoms with Crippen LogP contribution in [0.15, 0.2) is 18.2 Å².